The van der Waals surface area contributed by atoms with Gasteiger partial charge in [-0.1, -0.05) is 18.2 Å². The van der Waals surface area contributed by atoms with Crippen LogP contribution < -0.4 is 15.5 Å². The van der Waals surface area contributed by atoms with E-state index in [1.54, 1.807) is 4.90 Å². The molecule has 1 aliphatic rings. The van der Waals surface area contributed by atoms with Gasteiger partial charge < -0.3 is 15.5 Å². The normalized spacial score (nSPS) is 15.2. The van der Waals surface area contributed by atoms with Gasteiger partial charge in [0.2, 0.25) is 11.8 Å². The molecular weight excluding hydrogens is 302 g/mol. The molecule has 1 saturated heterocycles. The molecule has 1 aliphatic heterocycles. The molecular formula is C19H21N3O2. The largest absolute Gasteiger partial charge is 0.374 e. The maximum atomic E-state index is 12.2. The maximum Gasteiger partial charge on any atom is 0.246 e. The molecule has 0 bridgehead atoms. The second kappa shape index (κ2) is 7.17. The lowest BCUT2D eigenvalue weighted by atomic mass is 10.2. The summed E-state index contributed by atoms with van der Waals surface area (Å²) in [5.74, 6) is 0.0753. The van der Waals surface area contributed by atoms with E-state index in [1.165, 1.54) is 0 Å². The van der Waals surface area contributed by atoms with Gasteiger partial charge in [0.1, 0.15) is 6.04 Å². The number of rotatable bonds is 5. The predicted octanol–water partition coefficient (Wildman–Crippen LogP) is 3.25. The Bertz CT molecular complexity index is 713. The van der Waals surface area contributed by atoms with Crippen LogP contribution in [0.3, 0.4) is 0 Å². The zero-order chi connectivity index (χ0) is 16.9. The van der Waals surface area contributed by atoms with Gasteiger partial charge in [-0.15, -0.1) is 0 Å². The molecule has 0 spiro atoms. The molecule has 2 aromatic rings. The molecule has 2 aromatic carbocycles. The fourth-order valence-electron chi connectivity index (χ4n) is 2.75. The highest BCUT2D eigenvalue weighted by atomic mass is 16.2. The summed E-state index contributed by atoms with van der Waals surface area (Å²) in [6, 6.07) is 16.6. The van der Waals surface area contributed by atoms with E-state index in [2.05, 4.69) is 10.6 Å². The Kier molecular flexibility index (Phi) is 4.79. The second-order valence-corrected chi connectivity index (χ2v) is 5.92. The predicted molar refractivity (Wildman–Crippen MR) is 96.2 cm³/mol. The monoisotopic (exact) mass is 323 g/mol. The lowest BCUT2D eigenvalue weighted by molar-refractivity contribution is -0.117. The van der Waals surface area contributed by atoms with Crippen molar-refractivity contribution in [1.82, 2.24) is 0 Å². The summed E-state index contributed by atoms with van der Waals surface area (Å²) in [4.78, 5) is 25.8. The van der Waals surface area contributed by atoms with Crippen molar-refractivity contribution in [2.45, 2.75) is 25.8 Å². The molecule has 2 N–H and O–H groups in total. The fraction of sp³-hybridized carbons (Fsp3) is 0.263. The minimum absolute atomic E-state index is 0.0972. The lowest BCUT2D eigenvalue weighted by Crippen LogP contribution is -2.31. The van der Waals surface area contributed by atoms with Crippen molar-refractivity contribution in [2.75, 3.05) is 22.1 Å². The Morgan fingerprint density at radius 3 is 2.38 bits per heavy atom. The van der Waals surface area contributed by atoms with Crippen LogP contribution in [0.4, 0.5) is 17.1 Å². The first-order valence-electron chi connectivity index (χ1n) is 8.16. The van der Waals surface area contributed by atoms with Crippen LogP contribution >= 0.6 is 0 Å². The van der Waals surface area contributed by atoms with Crippen LogP contribution in [0.5, 0.6) is 0 Å². The van der Waals surface area contributed by atoms with Gasteiger partial charge in [0, 0.05) is 30.0 Å². The molecule has 1 unspecified atom stereocenters. The molecule has 0 radical (unpaired) electrons. The van der Waals surface area contributed by atoms with Crippen LogP contribution in [-0.2, 0) is 9.59 Å². The molecule has 124 valence electrons. The average Bonchev–Trinajstić information content (AvgIpc) is 3.02. The first-order chi connectivity index (χ1) is 11.6. The van der Waals surface area contributed by atoms with E-state index in [-0.39, 0.29) is 17.9 Å². The van der Waals surface area contributed by atoms with E-state index >= 15 is 0 Å². The van der Waals surface area contributed by atoms with Crippen LogP contribution in [0.2, 0.25) is 0 Å². The fourth-order valence-corrected chi connectivity index (χ4v) is 2.75. The highest BCUT2D eigenvalue weighted by Gasteiger charge is 2.21. The molecule has 3 rings (SSSR count). The summed E-state index contributed by atoms with van der Waals surface area (Å²) in [6.07, 6.45) is 1.53. The smallest absolute Gasteiger partial charge is 0.246 e. The molecule has 0 aliphatic carbocycles. The van der Waals surface area contributed by atoms with Gasteiger partial charge in [-0.3, -0.25) is 9.59 Å². The third-order valence-electron chi connectivity index (χ3n) is 4.07. The number of hydrogen-bond acceptors (Lipinski definition) is 3. The van der Waals surface area contributed by atoms with Crippen LogP contribution in [0.1, 0.15) is 19.8 Å². The molecule has 5 heteroatoms. The lowest BCUT2D eigenvalue weighted by Gasteiger charge is -2.18. The average molecular weight is 323 g/mol. The molecule has 0 aromatic heterocycles. The molecule has 1 atom stereocenters. The summed E-state index contributed by atoms with van der Waals surface area (Å²) < 4.78 is 0. The van der Waals surface area contributed by atoms with Gasteiger partial charge in [-0.05, 0) is 49.7 Å². The topological polar surface area (TPSA) is 61.4 Å². The first-order valence-corrected chi connectivity index (χ1v) is 8.16. The Morgan fingerprint density at radius 2 is 1.75 bits per heavy atom. The Labute approximate surface area is 141 Å². The number of carbonyl (C=O) groups excluding carboxylic acids is 2. The van der Waals surface area contributed by atoms with Crippen molar-refractivity contribution in [3.63, 3.8) is 0 Å². The van der Waals surface area contributed by atoms with E-state index in [0.717, 1.165) is 30.0 Å². The van der Waals surface area contributed by atoms with E-state index in [0.29, 0.717) is 6.42 Å². The zero-order valence-corrected chi connectivity index (χ0v) is 13.7. The number of nitrogens with one attached hydrogen (secondary N) is 2. The molecule has 5 nitrogen and oxygen atoms in total. The summed E-state index contributed by atoms with van der Waals surface area (Å²) in [5.41, 5.74) is 2.53. The van der Waals surface area contributed by atoms with Crippen molar-refractivity contribution < 1.29 is 9.59 Å². The Balaban J connectivity index is 1.59. The number of para-hydroxylation sites is 1. The van der Waals surface area contributed by atoms with Gasteiger partial charge in [0.25, 0.3) is 0 Å². The number of amides is 2. The summed E-state index contributed by atoms with van der Waals surface area (Å²) >= 11 is 0. The Hall–Kier alpha value is -2.82. The van der Waals surface area contributed by atoms with Crippen molar-refractivity contribution in [1.29, 1.82) is 0 Å². The van der Waals surface area contributed by atoms with Crippen molar-refractivity contribution in [3.8, 4) is 0 Å². The van der Waals surface area contributed by atoms with E-state index in [1.807, 2.05) is 61.5 Å². The number of benzene rings is 2. The standard InChI is InChI=1S/C19H21N3O2/c1-14(19(24)21-15-6-3-2-4-7-15)20-16-9-11-17(12-10-16)22-13-5-8-18(22)23/h2-4,6-7,9-12,14,20H,5,8,13H2,1H3,(H,21,24). The number of hydrogen-bond donors (Lipinski definition) is 2. The van der Waals surface area contributed by atoms with Gasteiger partial charge in [-0.2, -0.15) is 0 Å². The van der Waals surface area contributed by atoms with E-state index in [4.69, 9.17) is 0 Å². The molecule has 1 heterocycles. The van der Waals surface area contributed by atoms with E-state index < -0.39 is 0 Å². The highest BCUT2D eigenvalue weighted by molar-refractivity contribution is 5.97. The number of nitrogens with zero attached hydrogens (tertiary/aromatic N) is 1. The number of carbonyl (C=O) groups is 2. The maximum absolute atomic E-state index is 12.2. The summed E-state index contributed by atoms with van der Waals surface area (Å²) in [5, 5.41) is 6.04. The second-order valence-electron chi connectivity index (χ2n) is 5.92. The van der Waals surface area contributed by atoms with Crippen molar-refractivity contribution in [2.24, 2.45) is 0 Å². The third kappa shape index (κ3) is 3.74. The minimum atomic E-state index is -0.371. The van der Waals surface area contributed by atoms with Gasteiger partial charge in [-0.25, -0.2) is 0 Å². The molecule has 0 saturated carbocycles. The highest BCUT2D eigenvalue weighted by Crippen LogP contribution is 2.23. The zero-order valence-electron chi connectivity index (χ0n) is 13.7. The van der Waals surface area contributed by atoms with Crippen molar-refractivity contribution in [3.05, 3.63) is 54.6 Å². The minimum Gasteiger partial charge on any atom is -0.374 e. The van der Waals surface area contributed by atoms with Gasteiger partial charge >= 0.3 is 0 Å². The van der Waals surface area contributed by atoms with Crippen LogP contribution in [0.15, 0.2) is 54.6 Å². The van der Waals surface area contributed by atoms with Gasteiger partial charge in [0.05, 0.1) is 0 Å². The van der Waals surface area contributed by atoms with Gasteiger partial charge in [0.15, 0.2) is 0 Å². The van der Waals surface area contributed by atoms with Crippen LogP contribution in [0.25, 0.3) is 0 Å². The summed E-state index contributed by atoms with van der Waals surface area (Å²) in [7, 11) is 0. The first kappa shape index (κ1) is 16.1. The molecule has 24 heavy (non-hydrogen) atoms. The number of anilines is 3. The van der Waals surface area contributed by atoms with E-state index in [9.17, 15) is 9.59 Å². The molecule has 1 fully saturated rings. The summed E-state index contributed by atoms with van der Waals surface area (Å²) in [6.45, 7) is 2.59. The van der Waals surface area contributed by atoms with Crippen LogP contribution in [-0.4, -0.2) is 24.4 Å². The van der Waals surface area contributed by atoms with Crippen LogP contribution in [0, 0.1) is 0 Å². The SMILES string of the molecule is CC(Nc1ccc(N2CCCC2=O)cc1)C(=O)Nc1ccccc1. The Morgan fingerprint density at radius 1 is 1.04 bits per heavy atom. The third-order valence-corrected chi connectivity index (χ3v) is 4.07. The molecule has 2 amide bonds. The van der Waals surface area contributed by atoms with Crippen molar-refractivity contribution >= 4 is 28.9 Å². The quantitative estimate of drug-likeness (QED) is 0.888.